The number of benzene rings is 3. The summed E-state index contributed by atoms with van der Waals surface area (Å²) in [6, 6.07) is 24.5. The maximum absolute atomic E-state index is 13.3. The van der Waals surface area contributed by atoms with E-state index in [0.717, 1.165) is 46.3 Å². The highest BCUT2D eigenvalue weighted by molar-refractivity contribution is 5.95. The smallest absolute Gasteiger partial charge is 0.254 e. The van der Waals surface area contributed by atoms with E-state index in [2.05, 4.69) is 51.7 Å². The lowest BCUT2D eigenvalue weighted by Gasteiger charge is -2.23. The third-order valence-electron chi connectivity index (χ3n) is 6.65. The Balaban J connectivity index is 1.29. The molecule has 6 heteroatoms. The molecule has 2 saturated carbocycles. The monoisotopic (exact) mass is 459 g/mol. The summed E-state index contributed by atoms with van der Waals surface area (Å²) < 4.78 is 0. The molecule has 0 bridgehead atoms. The van der Waals surface area contributed by atoms with Crippen LogP contribution >= 0.6 is 0 Å². The maximum Gasteiger partial charge on any atom is 0.254 e. The highest BCUT2D eigenvalue weighted by atomic mass is 16.2. The van der Waals surface area contributed by atoms with Crippen molar-refractivity contribution >= 4 is 22.6 Å². The summed E-state index contributed by atoms with van der Waals surface area (Å²) in [5, 5.41) is 13.8. The molecule has 1 heterocycles. The molecule has 4 aromatic rings. The summed E-state index contributed by atoms with van der Waals surface area (Å²) in [5.41, 5.74) is 5.27. The zero-order valence-electron chi connectivity index (χ0n) is 19.3. The molecule has 3 aromatic carbocycles. The molecule has 0 aliphatic heterocycles. The van der Waals surface area contributed by atoms with Crippen LogP contribution in [0.4, 0.5) is 5.82 Å². The number of anilines is 1. The van der Waals surface area contributed by atoms with Crippen molar-refractivity contribution < 1.29 is 4.79 Å². The number of carbonyl (C=O) groups excluding carboxylic acids is 1. The highest BCUT2D eigenvalue weighted by Crippen LogP contribution is 2.33. The molecular formula is C29H25N5O. The van der Waals surface area contributed by atoms with Gasteiger partial charge in [0.1, 0.15) is 12.1 Å². The lowest BCUT2D eigenvalue weighted by atomic mass is 10.0. The average molecular weight is 460 g/mol. The van der Waals surface area contributed by atoms with E-state index in [1.165, 1.54) is 12.8 Å². The van der Waals surface area contributed by atoms with Crippen LogP contribution in [0.1, 0.15) is 47.2 Å². The van der Waals surface area contributed by atoms with E-state index in [4.69, 9.17) is 0 Å². The molecule has 6 rings (SSSR count). The van der Waals surface area contributed by atoms with Gasteiger partial charge in [-0.15, -0.1) is 0 Å². The Labute approximate surface area is 204 Å². The number of nitrogens with one attached hydrogen (secondary N) is 1. The highest BCUT2D eigenvalue weighted by Gasteiger charge is 2.33. The molecule has 0 radical (unpaired) electrons. The number of amides is 1. The van der Waals surface area contributed by atoms with Crippen molar-refractivity contribution in [1.29, 1.82) is 5.26 Å². The minimum Gasteiger partial charge on any atom is -0.367 e. The van der Waals surface area contributed by atoms with Crippen LogP contribution in [0.2, 0.25) is 0 Å². The fourth-order valence-electron chi connectivity index (χ4n) is 4.46. The first-order valence-electron chi connectivity index (χ1n) is 12.1. The van der Waals surface area contributed by atoms with Crippen molar-refractivity contribution in [3.8, 4) is 17.2 Å². The van der Waals surface area contributed by atoms with Gasteiger partial charge in [-0.25, -0.2) is 9.97 Å². The second-order valence-electron chi connectivity index (χ2n) is 9.43. The Kier molecular flexibility index (Phi) is 5.38. The molecule has 0 saturated heterocycles. The number of nitriles is 1. The van der Waals surface area contributed by atoms with Gasteiger partial charge in [-0.3, -0.25) is 4.79 Å². The minimum atomic E-state index is -0.0198. The van der Waals surface area contributed by atoms with E-state index in [1.54, 1.807) is 30.6 Å². The molecule has 35 heavy (non-hydrogen) atoms. The standard InChI is InChI=1S/C29H25N5O/c30-16-19-3-1-6-23(13-19)29(35)34(25-10-11-25)17-20-4-2-5-21(14-20)22-7-12-27-26(15-22)28(32-18-31-27)33-24-8-9-24/h1-7,12-15,18,24-25H,8-11,17H2,(H,31,32,33). The summed E-state index contributed by atoms with van der Waals surface area (Å²) >= 11 is 0. The minimum absolute atomic E-state index is 0.0198. The Morgan fingerprint density at radius 3 is 2.60 bits per heavy atom. The van der Waals surface area contributed by atoms with E-state index in [-0.39, 0.29) is 11.9 Å². The van der Waals surface area contributed by atoms with Crippen molar-refractivity contribution in [2.75, 3.05) is 5.32 Å². The number of hydrogen-bond acceptors (Lipinski definition) is 5. The van der Waals surface area contributed by atoms with Crippen LogP contribution in [0.5, 0.6) is 0 Å². The van der Waals surface area contributed by atoms with Crippen LogP contribution < -0.4 is 5.32 Å². The number of fused-ring (bicyclic) bond motifs is 1. The summed E-state index contributed by atoms with van der Waals surface area (Å²) in [6.45, 7) is 0.541. The van der Waals surface area contributed by atoms with Crippen molar-refractivity contribution in [2.24, 2.45) is 0 Å². The summed E-state index contributed by atoms with van der Waals surface area (Å²) in [6.07, 6.45) is 6.02. The van der Waals surface area contributed by atoms with E-state index in [1.807, 2.05) is 17.0 Å². The number of rotatable bonds is 7. The topological polar surface area (TPSA) is 81.9 Å². The molecule has 1 aromatic heterocycles. The van der Waals surface area contributed by atoms with Crippen molar-refractivity contribution in [2.45, 2.75) is 44.3 Å². The predicted octanol–water partition coefficient (Wildman–Crippen LogP) is 5.55. The van der Waals surface area contributed by atoms with E-state index >= 15 is 0 Å². The lowest BCUT2D eigenvalue weighted by Crippen LogP contribution is -2.32. The van der Waals surface area contributed by atoms with E-state index < -0.39 is 0 Å². The number of hydrogen-bond donors (Lipinski definition) is 1. The van der Waals surface area contributed by atoms with Crippen molar-refractivity contribution in [3.63, 3.8) is 0 Å². The molecule has 172 valence electrons. The van der Waals surface area contributed by atoms with Gasteiger partial charge >= 0.3 is 0 Å². The molecule has 0 unspecified atom stereocenters. The van der Waals surface area contributed by atoms with Crippen LogP contribution in [-0.2, 0) is 6.54 Å². The Morgan fingerprint density at radius 2 is 1.80 bits per heavy atom. The second-order valence-corrected chi connectivity index (χ2v) is 9.43. The zero-order valence-corrected chi connectivity index (χ0v) is 19.3. The third-order valence-corrected chi connectivity index (χ3v) is 6.65. The van der Waals surface area contributed by atoms with Gasteiger partial charge in [-0.05, 0) is 78.8 Å². The molecular weight excluding hydrogens is 434 g/mol. The molecule has 0 spiro atoms. The quantitative estimate of drug-likeness (QED) is 0.392. The lowest BCUT2D eigenvalue weighted by molar-refractivity contribution is 0.0730. The van der Waals surface area contributed by atoms with Gasteiger partial charge in [-0.2, -0.15) is 5.26 Å². The van der Waals surface area contributed by atoms with Gasteiger partial charge in [0.2, 0.25) is 0 Å². The fraction of sp³-hybridized carbons (Fsp3) is 0.241. The van der Waals surface area contributed by atoms with Crippen LogP contribution in [0.3, 0.4) is 0 Å². The number of carbonyl (C=O) groups is 1. The summed E-state index contributed by atoms with van der Waals surface area (Å²) in [4.78, 5) is 24.2. The number of nitrogens with zero attached hydrogens (tertiary/aromatic N) is 4. The Bertz CT molecular complexity index is 1470. The van der Waals surface area contributed by atoms with E-state index in [0.29, 0.717) is 23.7 Å². The van der Waals surface area contributed by atoms with Crippen LogP contribution in [-0.4, -0.2) is 32.9 Å². The van der Waals surface area contributed by atoms with Gasteiger partial charge in [0.15, 0.2) is 0 Å². The van der Waals surface area contributed by atoms with Crippen molar-refractivity contribution in [1.82, 2.24) is 14.9 Å². The number of aromatic nitrogens is 2. The molecule has 0 atom stereocenters. The van der Waals surface area contributed by atoms with Gasteiger partial charge in [0.05, 0.1) is 17.1 Å². The molecule has 2 aliphatic rings. The average Bonchev–Trinajstić information content (AvgIpc) is 3.83. The van der Waals surface area contributed by atoms with Gasteiger partial charge in [0, 0.05) is 29.6 Å². The zero-order chi connectivity index (χ0) is 23.8. The first-order valence-corrected chi connectivity index (χ1v) is 12.1. The van der Waals surface area contributed by atoms with Crippen LogP contribution in [0, 0.1) is 11.3 Å². The van der Waals surface area contributed by atoms with E-state index in [9.17, 15) is 10.1 Å². The first kappa shape index (κ1) is 21.3. The summed E-state index contributed by atoms with van der Waals surface area (Å²) in [7, 11) is 0. The van der Waals surface area contributed by atoms with Crippen LogP contribution in [0.25, 0.3) is 22.0 Å². The largest absolute Gasteiger partial charge is 0.367 e. The van der Waals surface area contributed by atoms with Gasteiger partial charge in [0.25, 0.3) is 5.91 Å². The normalized spacial score (nSPS) is 14.9. The molecule has 6 nitrogen and oxygen atoms in total. The molecule has 2 fully saturated rings. The molecule has 1 amide bonds. The third kappa shape index (κ3) is 4.58. The van der Waals surface area contributed by atoms with Gasteiger partial charge < -0.3 is 10.2 Å². The SMILES string of the molecule is N#Cc1cccc(C(=O)N(Cc2cccc(-c3ccc4ncnc(NC5CC5)c4c3)c2)C2CC2)c1. The summed E-state index contributed by atoms with van der Waals surface area (Å²) in [5.74, 6) is 0.870. The first-order chi connectivity index (χ1) is 17.2. The molecule has 1 N–H and O–H groups in total. The van der Waals surface area contributed by atoms with Gasteiger partial charge in [-0.1, -0.05) is 30.3 Å². The fourth-order valence-corrected chi connectivity index (χ4v) is 4.46. The predicted molar refractivity (Wildman–Crippen MR) is 136 cm³/mol. The Hall–Kier alpha value is -4.24. The van der Waals surface area contributed by atoms with Crippen LogP contribution in [0.15, 0.2) is 73.1 Å². The van der Waals surface area contributed by atoms with Crippen molar-refractivity contribution in [3.05, 3.63) is 89.7 Å². The Morgan fingerprint density at radius 1 is 0.971 bits per heavy atom. The second kappa shape index (κ2) is 8.84. The maximum atomic E-state index is 13.3. The molecule has 2 aliphatic carbocycles.